The first-order valence-corrected chi connectivity index (χ1v) is 5.73. The normalized spacial score (nSPS) is 12.0. The Balaban J connectivity index is 3.34. The number of Topliss-reactive ketones (excluding diaryl/α,β-unsaturated/α-hetero) is 1. The Morgan fingerprint density at radius 2 is 2.00 bits per heavy atom. The lowest BCUT2D eigenvalue weighted by Crippen LogP contribution is -2.12. The second-order valence-electron chi connectivity index (χ2n) is 3.50. The van der Waals surface area contributed by atoms with Gasteiger partial charge in [-0.3, -0.25) is 4.79 Å². The van der Waals surface area contributed by atoms with Crippen LogP contribution in [-0.2, 0) is 9.53 Å². The van der Waals surface area contributed by atoms with E-state index in [0.29, 0.717) is 11.1 Å². The van der Waals surface area contributed by atoms with Crippen LogP contribution < -0.4 is 0 Å². The number of rotatable bonds is 3. The van der Waals surface area contributed by atoms with Crippen molar-refractivity contribution in [2.24, 2.45) is 0 Å². The minimum absolute atomic E-state index is 0.0422. The Morgan fingerprint density at radius 3 is 2.50 bits per heavy atom. The van der Waals surface area contributed by atoms with E-state index in [1.807, 2.05) is 13.0 Å². The summed E-state index contributed by atoms with van der Waals surface area (Å²) in [5.74, 6) is -0.469. The number of aryl methyl sites for hydroxylation is 1. The highest BCUT2D eigenvalue weighted by Crippen LogP contribution is 2.30. The fraction of sp³-hybridized carbons (Fsp3) is 0.333. The molecule has 1 rings (SSSR count). The van der Waals surface area contributed by atoms with Crippen LogP contribution in [0.2, 0.25) is 0 Å². The number of esters is 1. The molecule has 0 aliphatic carbocycles. The maximum atomic E-state index is 11.6. The predicted molar refractivity (Wildman–Crippen MR) is 64.9 cm³/mol. The molecule has 1 aromatic carbocycles. The number of hydrogen-bond donors (Lipinski definition) is 0. The molecule has 0 bridgehead atoms. The molecule has 0 aliphatic heterocycles. The Kier molecular flexibility index (Phi) is 4.24. The maximum absolute atomic E-state index is 11.6. The monoisotopic (exact) mass is 284 g/mol. The van der Waals surface area contributed by atoms with Gasteiger partial charge in [-0.2, -0.15) is 0 Å². The zero-order chi connectivity index (χ0) is 12.3. The van der Waals surface area contributed by atoms with Gasteiger partial charge < -0.3 is 4.74 Å². The highest BCUT2D eigenvalue weighted by Gasteiger charge is 2.22. The van der Waals surface area contributed by atoms with Crippen molar-refractivity contribution < 1.29 is 14.3 Å². The van der Waals surface area contributed by atoms with E-state index in [2.05, 4.69) is 15.9 Å². The molecule has 0 amide bonds. The quantitative estimate of drug-likeness (QED) is 0.633. The molecule has 0 heterocycles. The first kappa shape index (κ1) is 12.9. The summed E-state index contributed by atoms with van der Waals surface area (Å²) in [6.45, 7) is 3.34. The molecule has 16 heavy (non-hydrogen) atoms. The summed E-state index contributed by atoms with van der Waals surface area (Å²) in [5.41, 5.74) is 2.00. The average Bonchev–Trinajstić information content (AvgIpc) is 2.26. The summed E-state index contributed by atoms with van der Waals surface area (Å²) in [6, 6.07) is 5.29. The topological polar surface area (TPSA) is 43.4 Å². The van der Waals surface area contributed by atoms with Crippen molar-refractivity contribution in [3.8, 4) is 0 Å². The average molecular weight is 285 g/mol. The van der Waals surface area contributed by atoms with Gasteiger partial charge in [0, 0.05) is 0 Å². The molecule has 0 N–H and O–H groups in total. The van der Waals surface area contributed by atoms with Gasteiger partial charge in [-0.25, -0.2) is 4.79 Å². The van der Waals surface area contributed by atoms with Crippen molar-refractivity contribution in [2.75, 3.05) is 7.11 Å². The van der Waals surface area contributed by atoms with Gasteiger partial charge in [-0.05, 0) is 31.0 Å². The van der Waals surface area contributed by atoms with Crippen molar-refractivity contribution in [3.63, 3.8) is 0 Å². The molecular weight excluding hydrogens is 272 g/mol. The summed E-state index contributed by atoms with van der Waals surface area (Å²) in [4.78, 5) is 22.5. The van der Waals surface area contributed by atoms with Crippen LogP contribution in [0, 0.1) is 6.92 Å². The van der Waals surface area contributed by atoms with Crippen molar-refractivity contribution in [3.05, 3.63) is 34.9 Å². The van der Waals surface area contributed by atoms with E-state index in [9.17, 15) is 9.59 Å². The molecule has 3 nitrogen and oxygen atoms in total. The SMILES string of the molecule is COC(=O)c1cccc(C)c1C(Br)C(C)=O. The number of ketones is 1. The molecular formula is C12H13BrO3. The number of ether oxygens (including phenoxy) is 1. The minimum atomic E-state index is -0.470. The molecule has 86 valence electrons. The fourth-order valence-corrected chi connectivity index (χ4v) is 2.12. The van der Waals surface area contributed by atoms with Gasteiger partial charge in [0.15, 0.2) is 0 Å². The third kappa shape index (κ3) is 2.50. The molecule has 1 aromatic rings. The lowest BCUT2D eigenvalue weighted by atomic mass is 9.97. The summed E-state index contributed by atoms with van der Waals surface area (Å²) < 4.78 is 4.69. The first-order valence-electron chi connectivity index (χ1n) is 4.81. The lowest BCUT2D eigenvalue weighted by Gasteiger charge is -2.14. The second-order valence-corrected chi connectivity index (χ2v) is 4.42. The van der Waals surface area contributed by atoms with Gasteiger partial charge in [-0.1, -0.05) is 28.1 Å². The maximum Gasteiger partial charge on any atom is 0.338 e. The Labute approximate surface area is 103 Å². The Bertz CT molecular complexity index is 426. The Morgan fingerprint density at radius 1 is 1.38 bits per heavy atom. The standard InChI is InChI=1S/C12H13BrO3/c1-7-5-4-6-9(12(15)16-3)10(7)11(13)8(2)14/h4-6,11H,1-3H3. The van der Waals surface area contributed by atoms with Crippen LogP contribution in [-0.4, -0.2) is 18.9 Å². The lowest BCUT2D eigenvalue weighted by molar-refractivity contribution is -0.116. The molecule has 0 spiro atoms. The molecule has 1 atom stereocenters. The Hall–Kier alpha value is -1.16. The van der Waals surface area contributed by atoms with Crippen molar-refractivity contribution in [1.82, 2.24) is 0 Å². The molecule has 0 saturated heterocycles. The number of alkyl halides is 1. The van der Waals surface area contributed by atoms with E-state index in [1.54, 1.807) is 12.1 Å². The van der Waals surface area contributed by atoms with E-state index in [4.69, 9.17) is 4.74 Å². The van der Waals surface area contributed by atoms with E-state index in [-0.39, 0.29) is 5.78 Å². The minimum Gasteiger partial charge on any atom is -0.465 e. The van der Waals surface area contributed by atoms with E-state index in [0.717, 1.165) is 5.56 Å². The van der Waals surface area contributed by atoms with Crippen LogP contribution in [0.3, 0.4) is 0 Å². The van der Waals surface area contributed by atoms with Crippen LogP contribution in [0.15, 0.2) is 18.2 Å². The summed E-state index contributed by atoms with van der Waals surface area (Å²) in [6.07, 6.45) is 0. The number of hydrogen-bond acceptors (Lipinski definition) is 3. The van der Waals surface area contributed by atoms with Crippen molar-refractivity contribution in [2.45, 2.75) is 18.7 Å². The van der Waals surface area contributed by atoms with E-state index < -0.39 is 10.8 Å². The van der Waals surface area contributed by atoms with Crippen LogP contribution in [0.4, 0.5) is 0 Å². The third-order valence-electron chi connectivity index (χ3n) is 2.34. The van der Waals surface area contributed by atoms with Crippen molar-refractivity contribution >= 4 is 27.7 Å². The highest BCUT2D eigenvalue weighted by molar-refractivity contribution is 9.09. The van der Waals surface area contributed by atoms with Gasteiger partial charge in [-0.15, -0.1) is 0 Å². The zero-order valence-corrected chi connectivity index (χ0v) is 11.0. The van der Waals surface area contributed by atoms with Gasteiger partial charge in [0.25, 0.3) is 0 Å². The summed E-state index contributed by atoms with van der Waals surface area (Å²) >= 11 is 3.29. The van der Waals surface area contributed by atoms with Gasteiger partial charge in [0.05, 0.1) is 17.5 Å². The largest absolute Gasteiger partial charge is 0.465 e. The van der Waals surface area contributed by atoms with E-state index >= 15 is 0 Å². The molecule has 0 saturated carbocycles. The summed E-state index contributed by atoms with van der Waals surface area (Å²) in [7, 11) is 1.32. The molecule has 0 aromatic heterocycles. The van der Waals surface area contributed by atoms with Gasteiger partial charge in [0.1, 0.15) is 5.78 Å². The summed E-state index contributed by atoms with van der Waals surface area (Å²) in [5, 5.41) is 0. The van der Waals surface area contributed by atoms with E-state index in [1.165, 1.54) is 14.0 Å². The van der Waals surface area contributed by atoms with Crippen LogP contribution in [0.1, 0.15) is 33.2 Å². The first-order chi connectivity index (χ1) is 7.49. The third-order valence-corrected chi connectivity index (χ3v) is 3.44. The fourth-order valence-electron chi connectivity index (χ4n) is 1.51. The smallest absolute Gasteiger partial charge is 0.338 e. The number of halogens is 1. The molecule has 0 radical (unpaired) electrons. The number of carbonyl (C=O) groups excluding carboxylic acids is 2. The number of carbonyl (C=O) groups is 2. The number of methoxy groups -OCH3 is 1. The van der Waals surface area contributed by atoms with Crippen LogP contribution in [0.25, 0.3) is 0 Å². The molecule has 1 unspecified atom stereocenters. The number of benzene rings is 1. The van der Waals surface area contributed by atoms with Gasteiger partial charge in [0.2, 0.25) is 0 Å². The van der Waals surface area contributed by atoms with Crippen molar-refractivity contribution in [1.29, 1.82) is 0 Å². The predicted octanol–water partition coefficient (Wildman–Crippen LogP) is 2.81. The van der Waals surface area contributed by atoms with Crippen LogP contribution in [0.5, 0.6) is 0 Å². The molecule has 4 heteroatoms. The molecule has 0 aliphatic rings. The second kappa shape index (κ2) is 5.25. The molecule has 0 fully saturated rings. The van der Waals surface area contributed by atoms with Crippen LogP contribution >= 0.6 is 15.9 Å². The highest BCUT2D eigenvalue weighted by atomic mass is 79.9. The van der Waals surface area contributed by atoms with Gasteiger partial charge >= 0.3 is 5.97 Å². The zero-order valence-electron chi connectivity index (χ0n) is 9.41.